The molecule has 0 spiro atoms. The zero-order valence-electron chi connectivity index (χ0n) is 21.1. The number of nitrogens with zero attached hydrogens (tertiary/aromatic N) is 1. The van der Waals surface area contributed by atoms with E-state index in [2.05, 4.69) is 71.4 Å². The predicted octanol–water partition coefficient (Wildman–Crippen LogP) is 8.01. The Morgan fingerprint density at radius 1 is 0.750 bits per heavy atom. The summed E-state index contributed by atoms with van der Waals surface area (Å²) in [7, 11) is 0. The molecule has 0 atom stereocenters. The molecule has 5 aromatic rings. The third-order valence-corrected chi connectivity index (χ3v) is 6.81. The van der Waals surface area contributed by atoms with E-state index in [0.29, 0.717) is 17.6 Å². The number of aromatic nitrogens is 1. The van der Waals surface area contributed by atoms with E-state index in [9.17, 15) is 0 Å². The van der Waals surface area contributed by atoms with Crippen LogP contribution in [0.25, 0.3) is 33.3 Å². The van der Waals surface area contributed by atoms with Crippen molar-refractivity contribution in [2.24, 2.45) is 0 Å². The fourth-order valence-electron chi connectivity index (χ4n) is 4.94. The Kier molecular flexibility index (Phi) is 7.29. The first kappa shape index (κ1) is 24.0. The topological polar surface area (TPSA) is 17.0 Å². The maximum Gasteiger partial charge on any atom is 0.156 e. The highest BCUT2D eigenvalue weighted by Crippen LogP contribution is 2.38. The van der Waals surface area contributed by atoms with E-state index in [-0.39, 0.29) is 5.82 Å². The first-order valence-corrected chi connectivity index (χ1v) is 12.9. The molecular weight excluding hydrogens is 443 g/mol. The van der Waals surface area contributed by atoms with E-state index < -0.39 is 0 Å². The predicted molar refractivity (Wildman–Crippen MR) is 150 cm³/mol. The number of aryl methyl sites for hydroxylation is 1. The minimum atomic E-state index is -0.157. The van der Waals surface area contributed by atoms with Gasteiger partial charge in [-0.05, 0) is 67.2 Å². The molecule has 0 radical (unpaired) electrons. The molecule has 3 heteroatoms. The fraction of sp³-hybridized carbons (Fsp3) is 0.212. The zero-order valence-corrected chi connectivity index (χ0v) is 21.1. The van der Waals surface area contributed by atoms with Crippen LogP contribution < -0.4 is 5.32 Å². The van der Waals surface area contributed by atoms with E-state index in [1.807, 2.05) is 49.4 Å². The average Bonchev–Trinajstić information content (AvgIpc) is 3.18. The molecule has 0 aliphatic carbocycles. The lowest BCUT2D eigenvalue weighted by Gasteiger charge is -2.15. The van der Waals surface area contributed by atoms with E-state index in [4.69, 9.17) is 0 Å². The Labute approximate surface area is 213 Å². The highest BCUT2D eigenvalue weighted by molar-refractivity contribution is 5.92. The van der Waals surface area contributed by atoms with Crippen LogP contribution in [-0.4, -0.2) is 17.7 Å². The molecular formula is C33H33FN2. The summed E-state index contributed by atoms with van der Waals surface area (Å²) in [5.41, 5.74) is 8.13. The number of hydrogen-bond donors (Lipinski definition) is 1. The van der Waals surface area contributed by atoms with Crippen molar-refractivity contribution in [3.63, 3.8) is 0 Å². The third-order valence-electron chi connectivity index (χ3n) is 6.81. The van der Waals surface area contributed by atoms with Crippen LogP contribution >= 0.6 is 0 Å². The summed E-state index contributed by atoms with van der Waals surface area (Å²) in [5.74, 6) is -0.157. The molecule has 0 aliphatic heterocycles. The van der Waals surface area contributed by atoms with Crippen LogP contribution in [0.5, 0.6) is 0 Å². The SMILES string of the molecule is CCCNCCc1ccc(Cn2c(-c3ccccc3-c3ccccc3)c(F)c3cc(C)ccc32)cc1. The average molecular weight is 477 g/mol. The minimum Gasteiger partial charge on any atom is -0.333 e. The minimum absolute atomic E-state index is 0.157. The Bertz CT molecular complexity index is 1450. The van der Waals surface area contributed by atoms with Gasteiger partial charge < -0.3 is 9.88 Å². The van der Waals surface area contributed by atoms with E-state index in [1.54, 1.807) is 0 Å². The van der Waals surface area contributed by atoms with Crippen molar-refractivity contribution >= 4 is 10.9 Å². The first-order chi connectivity index (χ1) is 17.7. The molecule has 0 aliphatic rings. The second kappa shape index (κ2) is 10.9. The van der Waals surface area contributed by atoms with Crippen LogP contribution in [0.1, 0.15) is 30.0 Å². The van der Waals surface area contributed by atoms with Gasteiger partial charge in [-0.2, -0.15) is 0 Å². The quantitative estimate of drug-likeness (QED) is 0.213. The number of fused-ring (bicyclic) bond motifs is 1. The molecule has 182 valence electrons. The summed E-state index contributed by atoms with van der Waals surface area (Å²) in [6, 6.07) is 33.2. The van der Waals surface area contributed by atoms with Crippen LogP contribution in [0.2, 0.25) is 0 Å². The second-order valence-electron chi connectivity index (χ2n) is 9.50. The molecule has 0 bridgehead atoms. The highest BCUT2D eigenvalue weighted by atomic mass is 19.1. The molecule has 0 unspecified atom stereocenters. The van der Waals surface area contributed by atoms with Gasteiger partial charge in [-0.3, -0.25) is 0 Å². The smallest absolute Gasteiger partial charge is 0.156 e. The molecule has 4 aromatic carbocycles. The molecule has 2 nitrogen and oxygen atoms in total. The summed E-state index contributed by atoms with van der Waals surface area (Å²) in [6.07, 6.45) is 2.16. The van der Waals surface area contributed by atoms with Gasteiger partial charge in [0.2, 0.25) is 0 Å². The monoisotopic (exact) mass is 476 g/mol. The fourth-order valence-corrected chi connectivity index (χ4v) is 4.94. The molecule has 36 heavy (non-hydrogen) atoms. The number of halogens is 1. The highest BCUT2D eigenvalue weighted by Gasteiger charge is 2.21. The molecule has 1 heterocycles. The van der Waals surface area contributed by atoms with E-state index >= 15 is 4.39 Å². The lowest BCUT2D eigenvalue weighted by atomic mass is 9.97. The Morgan fingerprint density at radius 3 is 2.19 bits per heavy atom. The summed E-state index contributed by atoms with van der Waals surface area (Å²) >= 11 is 0. The molecule has 0 amide bonds. The Morgan fingerprint density at radius 2 is 1.44 bits per heavy atom. The Balaban J connectivity index is 1.57. The normalized spacial score (nSPS) is 11.3. The van der Waals surface area contributed by atoms with Crippen LogP contribution in [0.15, 0.2) is 97.1 Å². The van der Waals surface area contributed by atoms with Gasteiger partial charge in [-0.15, -0.1) is 0 Å². The van der Waals surface area contributed by atoms with Gasteiger partial charge in [0.15, 0.2) is 5.82 Å². The van der Waals surface area contributed by atoms with Crippen molar-refractivity contribution in [3.05, 3.63) is 120 Å². The molecule has 1 aromatic heterocycles. The van der Waals surface area contributed by atoms with Crippen molar-refractivity contribution in [2.45, 2.75) is 33.2 Å². The van der Waals surface area contributed by atoms with E-state index in [1.165, 1.54) is 5.56 Å². The van der Waals surface area contributed by atoms with Crippen LogP contribution in [0.3, 0.4) is 0 Å². The summed E-state index contributed by atoms with van der Waals surface area (Å²) < 4.78 is 18.3. The van der Waals surface area contributed by atoms with Crippen LogP contribution in [0, 0.1) is 12.7 Å². The number of hydrogen-bond acceptors (Lipinski definition) is 1. The summed E-state index contributed by atoms with van der Waals surface area (Å²) in [5, 5.41) is 4.14. The summed E-state index contributed by atoms with van der Waals surface area (Å²) in [4.78, 5) is 0. The maximum atomic E-state index is 16.2. The number of nitrogens with one attached hydrogen (secondary N) is 1. The number of rotatable bonds is 9. The van der Waals surface area contributed by atoms with Gasteiger partial charge >= 0.3 is 0 Å². The number of benzene rings is 4. The molecule has 0 saturated heterocycles. The molecule has 5 rings (SSSR count). The molecule has 0 fully saturated rings. The first-order valence-electron chi connectivity index (χ1n) is 12.9. The maximum absolute atomic E-state index is 16.2. The van der Waals surface area contributed by atoms with Crippen LogP contribution in [0.4, 0.5) is 4.39 Å². The zero-order chi connectivity index (χ0) is 24.9. The van der Waals surface area contributed by atoms with Gasteiger partial charge in [0, 0.05) is 17.5 Å². The lowest BCUT2D eigenvalue weighted by Crippen LogP contribution is -2.17. The van der Waals surface area contributed by atoms with Gasteiger partial charge in [0.1, 0.15) is 0 Å². The third kappa shape index (κ3) is 4.98. The van der Waals surface area contributed by atoms with Crippen molar-refractivity contribution in [3.8, 4) is 22.4 Å². The van der Waals surface area contributed by atoms with Crippen molar-refractivity contribution in [2.75, 3.05) is 13.1 Å². The molecule has 1 N–H and O–H groups in total. The largest absolute Gasteiger partial charge is 0.333 e. The van der Waals surface area contributed by atoms with Gasteiger partial charge in [0.05, 0.1) is 11.2 Å². The summed E-state index contributed by atoms with van der Waals surface area (Å²) in [6.45, 7) is 6.85. The van der Waals surface area contributed by atoms with Gasteiger partial charge in [-0.25, -0.2) is 4.39 Å². The van der Waals surface area contributed by atoms with Crippen molar-refractivity contribution in [1.29, 1.82) is 0 Å². The van der Waals surface area contributed by atoms with Crippen LogP contribution in [-0.2, 0) is 13.0 Å². The van der Waals surface area contributed by atoms with Gasteiger partial charge in [-0.1, -0.05) is 97.4 Å². The van der Waals surface area contributed by atoms with Crippen molar-refractivity contribution < 1.29 is 4.39 Å². The Hall–Kier alpha value is -3.69. The lowest BCUT2D eigenvalue weighted by molar-refractivity contribution is 0.635. The van der Waals surface area contributed by atoms with Crippen molar-refractivity contribution in [1.82, 2.24) is 9.88 Å². The van der Waals surface area contributed by atoms with E-state index in [0.717, 1.165) is 59.3 Å². The standard InChI is InChI=1S/C33H33FN2/c1-3-20-35-21-19-25-14-16-26(17-15-25)23-36-31-18-13-24(2)22-30(31)32(34)33(36)29-12-8-7-11-28(29)27-9-5-4-6-10-27/h4-18,22,35H,3,19-21,23H2,1-2H3. The molecule has 0 saturated carbocycles. The van der Waals surface area contributed by atoms with Gasteiger partial charge in [0.25, 0.3) is 0 Å². The second-order valence-corrected chi connectivity index (χ2v) is 9.50.